The van der Waals surface area contributed by atoms with Crippen molar-refractivity contribution >= 4 is 51.8 Å². The number of nitrogens with zero attached hydrogens (tertiary/aromatic N) is 3. The van der Waals surface area contributed by atoms with E-state index in [0.717, 1.165) is 22.7 Å². The molecule has 0 radical (unpaired) electrons. The minimum Gasteiger partial charge on any atom is -0.497 e. The monoisotopic (exact) mass is 686 g/mol. The Bertz CT molecular complexity index is 2030. The number of benzene rings is 4. The van der Waals surface area contributed by atoms with Crippen LogP contribution in [0.4, 0.5) is 10.1 Å². The minimum absolute atomic E-state index is 0.0140. The highest BCUT2D eigenvalue weighted by molar-refractivity contribution is 6.31. The van der Waals surface area contributed by atoms with Crippen LogP contribution in [-0.2, 0) is 22.5 Å². The summed E-state index contributed by atoms with van der Waals surface area (Å²) < 4.78 is 28.7. The predicted octanol–water partition coefficient (Wildman–Crippen LogP) is 7.48. The first-order chi connectivity index (χ1) is 23.3. The van der Waals surface area contributed by atoms with Gasteiger partial charge in [0.1, 0.15) is 17.4 Å². The molecule has 1 aromatic heterocycles. The van der Waals surface area contributed by atoms with Gasteiger partial charge in [-0.15, -0.1) is 0 Å². The Hall–Kier alpha value is -4.44. The van der Waals surface area contributed by atoms with E-state index in [-0.39, 0.29) is 22.9 Å². The number of hydrogen-bond donors (Lipinski definition) is 1. The Kier molecular flexibility index (Phi) is 8.85. The Labute approximate surface area is 287 Å². The van der Waals surface area contributed by atoms with Gasteiger partial charge in [-0.3, -0.25) is 9.69 Å². The van der Waals surface area contributed by atoms with Gasteiger partial charge in [0.25, 0.3) is 0 Å². The quantitative estimate of drug-likeness (QED) is 0.170. The second-order valence-electron chi connectivity index (χ2n) is 12.2. The van der Waals surface area contributed by atoms with Gasteiger partial charge in [0.15, 0.2) is 0 Å². The summed E-state index contributed by atoms with van der Waals surface area (Å²) in [5.41, 5.74) is 3.83. The minimum atomic E-state index is -0.783. The van der Waals surface area contributed by atoms with E-state index in [4.69, 9.17) is 37.7 Å². The number of methoxy groups -OCH3 is 2. The Morgan fingerprint density at radius 3 is 2.58 bits per heavy atom. The van der Waals surface area contributed by atoms with Crippen LogP contribution < -0.4 is 10.1 Å². The van der Waals surface area contributed by atoms with Crippen LogP contribution in [0.5, 0.6) is 5.75 Å². The number of ether oxygens (including phenoxy) is 2. The molecule has 1 amide bonds. The number of aryl methyl sites for hydroxylation is 1. The molecule has 0 saturated carbocycles. The third-order valence-corrected chi connectivity index (χ3v) is 10.1. The summed E-state index contributed by atoms with van der Waals surface area (Å²) in [7, 11) is 2.97. The van der Waals surface area contributed by atoms with Crippen molar-refractivity contribution in [3.63, 3.8) is 0 Å². The van der Waals surface area contributed by atoms with Gasteiger partial charge < -0.3 is 19.4 Å². The molecule has 4 aromatic carbocycles. The lowest BCUT2D eigenvalue weighted by Gasteiger charge is -2.34. The number of carbonyl (C=O) groups is 2. The highest BCUT2D eigenvalue weighted by Gasteiger charge is 2.56. The predicted molar refractivity (Wildman–Crippen MR) is 184 cm³/mol. The number of hydrogen-bond acceptors (Lipinski definition) is 6. The molecule has 11 heteroatoms. The highest BCUT2D eigenvalue weighted by atomic mass is 35.5. The van der Waals surface area contributed by atoms with Crippen molar-refractivity contribution in [3.8, 4) is 5.75 Å². The standard InChI is InChI=1S/C37H33Cl2FN4O4/c1-47-25-9-3-6-21(18-25)14-16-43-30-15-17-44-29-13-12-22(37(46)48-2)19-28(29)42-35(44)32(30)31(26-10-5-11-27(39)33(26)40)34(43)36(45)41-24-8-4-7-23(38)20-24/h3-13,18-20,30-32,34H,14-17H2,1-2H3,(H,41,45)/t30-,31-,32+,34+/m0/s1. The number of anilines is 1. The van der Waals surface area contributed by atoms with Gasteiger partial charge in [-0.05, 0) is 78.6 Å². The van der Waals surface area contributed by atoms with Crippen LogP contribution in [0.25, 0.3) is 11.0 Å². The molecule has 48 heavy (non-hydrogen) atoms. The molecule has 1 fully saturated rings. The molecule has 0 unspecified atom stereocenters. The van der Waals surface area contributed by atoms with E-state index in [1.807, 2.05) is 30.3 Å². The normalized spacial score (nSPS) is 20.3. The second-order valence-corrected chi connectivity index (χ2v) is 13.0. The number of esters is 1. The molecule has 246 valence electrons. The third-order valence-electron chi connectivity index (χ3n) is 9.56. The zero-order chi connectivity index (χ0) is 33.5. The molecule has 0 spiro atoms. The van der Waals surface area contributed by atoms with Crippen LogP contribution in [0.1, 0.15) is 45.6 Å². The topological polar surface area (TPSA) is 85.7 Å². The van der Waals surface area contributed by atoms with Gasteiger partial charge in [0.2, 0.25) is 5.91 Å². The molecule has 2 aliphatic heterocycles. The summed E-state index contributed by atoms with van der Waals surface area (Å²) in [4.78, 5) is 34.2. The fourth-order valence-corrected chi connectivity index (χ4v) is 7.88. The summed E-state index contributed by atoms with van der Waals surface area (Å²) in [6, 6.07) is 24.1. The number of rotatable bonds is 8. The summed E-state index contributed by atoms with van der Waals surface area (Å²) >= 11 is 12.7. The molecule has 5 aromatic rings. The lowest BCUT2D eigenvalue weighted by atomic mass is 9.78. The summed E-state index contributed by atoms with van der Waals surface area (Å²) in [5.74, 6) is -0.829. The first kappa shape index (κ1) is 32.1. The molecule has 2 aliphatic rings. The SMILES string of the molecule is COC(=O)c1ccc2c(c1)nc1n2CC[C@H]2[C@@H]1[C@H](c1cccc(Cl)c1F)[C@H](C(=O)Nc1cccc(Cl)c1)N2CCc1cccc(OC)c1. The molecule has 0 bridgehead atoms. The maximum Gasteiger partial charge on any atom is 0.337 e. The molecular formula is C37H33Cl2FN4O4. The van der Waals surface area contributed by atoms with Crippen molar-refractivity contribution in [2.24, 2.45) is 0 Å². The lowest BCUT2D eigenvalue weighted by molar-refractivity contribution is -0.121. The Balaban J connectivity index is 1.38. The van der Waals surface area contributed by atoms with Crippen molar-refractivity contribution in [1.82, 2.24) is 14.5 Å². The summed E-state index contributed by atoms with van der Waals surface area (Å²) in [6.45, 7) is 1.15. The summed E-state index contributed by atoms with van der Waals surface area (Å²) in [6.07, 6.45) is 1.32. The van der Waals surface area contributed by atoms with Gasteiger partial charge in [0.05, 0.1) is 41.9 Å². The van der Waals surface area contributed by atoms with Gasteiger partial charge in [-0.1, -0.05) is 53.5 Å². The van der Waals surface area contributed by atoms with Crippen LogP contribution in [0.2, 0.25) is 10.0 Å². The van der Waals surface area contributed by atoms with Crippen molar-refractivity contribution in [2.75, 3.05) is 26.1 Å². The number of imidazole rings is 1. The first-order valence-electron chi connectivity index (χ1n) is 15.7. The van der Waals surface area contributed by atoms with Crippen LogP contribution >= 0.6 is 23.2 Å². The smallest absolute Gasteiger partial charge is 0.337 e. The zero-order valence-corrected chi connectivity index (χ0v) is 27.8. The van der Waals surface area contributed by atoms with Crippen LogP contribution in [0, 0.1) is 5.82 Å². The second kappa shape index (κ2) is 13.2. The third kappa shape index (κ3) is 5.80. The van der Waals surface area contributed by atoms with Gasteiger partial charge in [-0.2, -0.15) is 0 Å². The van der Waals surface area contributed by atoms with E-state index in [0.29, 0.717) is 53.3 Å². The number of likely N-dealkylation sites (tertiary alicyclic amines) is 1. The van der Waals surface area contributed by atoms with Crippen LogP contribution in [0.3, 0.4) is 0 Å². The number of nitrogens with one attached hydrogen (secondary N) is 1. The van der Waals surface area contributed by atoms with Crippen LogP contribution in [-0.4, -0.2) is 59.2 Å². The fourth-order valence-electron chi connectivity index (χ4n) is 7.51. The van der Waals surface area contributed by atoms with Crippen molar-refractivity contribution < 1.29 is 23.5 Å². The number of carbonyl (C=O) groups excluding carboxylic acids is 2. The van der Waals surface area contributed by atoms with E-state index in [9.17, 15) is 9.59 Å². The maximum absolute atomic E-state index is 16.2. The van der Waals surface area contributed by atoms with Gasteiger partial charge in [-0.25, -0.2) is 14.2 Å². The number of fused-ring (bicyclic) bond motifs is 5. The van der Waals surface area contributed by atoms with Crippen molar-refractivity contribution in [3.05, 3.63) is 123 Å². The van der Waals surface area contributed by atoms with E-state index < -0.39 is 23.7 Å². The Morgan fingerprint density at radius 1 is 0.979 bits per heavy atom. The molecule has 4 atom stereocenters. The van der Waals surface area contributed by atoms with Crippen molar-refractivity contribution in [1.29, 1.82) is 0 Å². The van der Waals surface area contributed by atoms with Gasteiger partial charge >= 0.3 is 5.97 Å². The molecular weight excluding hydrogens is 654 g/mol. The number of aromatic nitrogens is 2. The number of amides is 1. The maximum atomic E-state index is 16.2. The van der Waals surface area contributed by atoms with Crippen molar-refractivity contribution in [2.45, 2.75) is 43.3 Å². The Morgan fingerprint density at radius 2 is 1.79 bits per heavy atom. The van der Waals surface area contributed by atoms with Crippen LogP contribution in [0.15, 0.2) is 84.9 Å². The number of halogens is 3. The highest BCUT2D eigenvalue weighted by Crippen LogP contribution is 2.52. The molecule has 1 N–H and O–H groups in total. The summed E-state index contributed by atoms with van der Waals surface area (Å²) in [5, 5.41) is 3.54. The molecule has 8 nitrogen and oxygen atoms in total. The zero-order valence-electron chi connectivity index (χ0n) is 26.3. The van der Waals surface area contributed by atoms with E-state index >= 15 is 4.39 Å². The molecule has 3 heterocycles. The van der Waals surface area contributed by atoms with E-state index in [2.05, 4.69) is 14.8 Å². The first-order valence-corrected chi connectivity index (χ1v) is 16.5. The molecule has 0 aliphatic carbocycles. The lowest BCUT2D eigenvalue weighted by Crippen LogP contribution is -2.46. The molecule has 1 saturated heterocycles. The van der Waals surface area contributed by atoms with Gasteiger partial charge in [0, 0.05) is 41.7 Å². The van der Waals surface area contributed by atoms with E-state index in [1.165, 1.54) is 13.2 Å². The average molecular weight is 688 g/mol. The fraction of sp³-hybridized carbons (Fsp3) is 0.270. The average Bonchev–Trinajstić information content (AvgIpc) is 3.63. The largest absolute Gasteiger partial charge is 0.497 e. The molecule has 7 rings (SSSR count). The van der Waals surface area contributed by atoms with E-state index in [1.54, 1.807) is 55.6 Å².